The fourth-order valence-electron chi connectivity index (χ4n) is 2.23. The molecule has 0 aliphatic carbocycles. The van der Waals surface area contributed by atoms with Crippen LogP contribution in [0.3, 0.4) is 0 Å². The van der Waals surface area contributed by atoms with E-state index in [1.165, 1.54) is 12.1 Å². The molecule has 0 spiro atoms. The van der Waals surface area contributed by atoms with Crippen LogP contribution < -0.4 is 10.1 Å². The number of aryl methyl sites for hydroxylation is 2. The minimum Gasteiger partial charge on any atom is -0.480 e. The summed E-state index contributed by atoms with van der Waals surface area (Å²) in [6.45, 7) is 5.78. The Kier molecular flexibility index (Phi) is 5.58. The largest absolute Gasteiger partial charge is 0.480 e. The average Bonchev–Trinajstić information content (AvgIpc) is 2.56. The van der Waals surface area contributed by atoms with E-state index in [-0.39, 0.29) is 11.5 Å². The Morgan fingerprint density at radius 2 is 1.79 bits per heavy atom. The van der Waals surface area contributed by atoms with Crippen LogP contribution in [-0.2, 0) is 4.79 Å². The maximum absolute atomic E-state index is 12.4. The highest BCUT2D eigenvalue weighted by Gasteiger charge is 2.19. The molecular weight excluding hydrogens is 306 g/mol. The molecule has 0 heterocycles. The van der Waals surface area contributed by atoms with Crippen LogP contribution in [0, 0.1) is 13.8 Å². The molecule has 0 aromatic heterocycles. The molecule has 0 saturated carbocycles. The summed E-state index contributed by atoms with van der Waals surface area (Å²) in [5.74, 6) is -0.572. The monoisotopic (exact) mass is 327 g/mol. The van der Waals surface area contributed by atoms with Gasteiger partial charge in [-0.25, -0.2) is 4.79 Å². The Bertz CT molecular complexity index is 738. The summed E-state index contributed by atoms with van der Waals surface area (Å²) in [4.78, 5) is 23.3. The van der Waals surface area contributed by atoms with Crippen LogP contribution in [0.25, 0.3) is 0 Å². The number of carboxylic acid groups (broad SMARTS) is 1. The molecule has 0 unspecified atom stereocenters. The van der Waals surface area contributed by atoms with Gasteiger partial charge in [0.25, 0.3) is 5.91 Å². The Hall–Kier alpha value is -2.82. The predicted molar refractivity (Wildman–Crippen MR) is 92.7 cm³/mol. The minimum atomic E-state index is -1.00. The van der Waals surface area contributed by atoms with Gasteiger partial charge in [0, 0.05) is 5.69 Å². The quantitative estimate of drug-likeness (QED) is 0.846. The van der Waals surface area contributed by atoms with Crippen molar-refractivity contribution in [2.24, 2.45) is 0 Å². The van der Waals surface area contributed by atoms with E-state index in [2.05, 4.69) is 5.32 Å². The molecular formula is C19H21NO4. The van der Waals surface area contributed by atoms with E-state index in [4.69, 9.17) is 9.84 Å². The molecule has 1 amide bonds. The number of carbonyl (C=O) groups is 2. The topological polar surface area (TPSA) is 75.6 Å². The molecule has 0 aliphatic heterocycles. The van der Waals surface area contributed by atoms with E-state index in [1.54, 1.807) is 12.1 Å². The summed E-state index contributed by atoms with van der Waals surface area (Å²) in [6.07, 6.45) is -0.100. The van der Waals surface area contributed by atoms with E-state index in [9.17, 15) is 9.59 Å². The third-order valence-corrected chi connectivity index (χ3v) is 3.68. The second-order valence-electron chi connectivity index (χ2n) is 5.66. The first kappa shape index (κ1) is 17.5. The van der Waals surface area contributed by atoms with Crippen molar-refractivity contribution in [3.63, 3.8) is 0 Å². The second-order valence-corrected chi connectivity index (χ2v) is 5.66. The third kappa shape index (κ3) is 4.35. The standard InChI is InChI=1S/C19H21NO4/c1-4-16(24-17-11-12(2)5-6-13(17)3)18(21)20-15-9-7-14(8-10-15)19(22)23/h5-11,16H,4H2,1-3H3,(H,20,21)(H,22,23)/t16-/m0/s1. The van der Waals surface area contributed by atoms with Gasteiger partial charge in [0.05, 0.1) is 5.56 Å². The van der Waals surface area contributed by atoms with Crippen molar-refractivity contribution in [2.75, 3.05) is 5.32 Å². The van der Waals surface area contributed by atoms with Gasteiger partial charge < -0.3 is 15.2 Å². The maximum atomic E-state index is 12.4. The smallest absolute Gasteiger partial charge is 0.335 e. The number of carboxylic acids is 1. The molecule has 24 heavy (non-hydrogen) atoms. The molecule has 1 atom stereocenters. The van der Waals surface area contributed by atoms with Gasteiger partial charge in [0.15, 0.2) is 6.10 Å². The van der Waals surface area contributed by atoms with Crippen LogP contribution in [-0.4, -0.2) is 23.1 Å². The predicted octanol–water partition coefficient (Wildman–Crippen LogP) is 3.80. The van der Waals surface area contributed by atoms with Crippen molar-refractivity contribution in [2.45, 2.75) is 33.3 Å². The Morgan fingerprint density at radius 3 is 2.38 bits per heavy atom. The van der Waals surface area contributed by atoms with Crippen LogP contribution in [0.4, 0.5) is 5.69 Å². The normalized spacial score (nSPS) is 11.6. The van der Waals surface area contributed by atoms with Gasteiger partial charge in [-0.1, -0.05) is 19.1 Å². The minimum absolute atomic E-state index is 0.173. The Balaban J connectivity index is 2.08. The fraction of sp³-hybridized carbons (Fsp3) is 0.263. The number of hydrogen-bond acceptors (Lipinski definition) is 3. The zero-order valence-electron chi connectivity index (χ0n) is 14.0. The van der Waals surface area contributed by atoms with Gasteiger partial charge >= 0.3 is 5.97 Å². The lowest BCUT2D eigenvalue weighted by Crippen LogP contribution is -2.32. The van der Waals surface area contributed by atoms with Gasteiger partial charge in [0.1, 0.15) is 5.75 Å². The number of benzene rings is 2. The van der Waals surface area contributed by atoms with E-state index in [0.717, 1.165) is 11.1 Å². The van der Waals surface area contributed by atoms with Crippen LogP contribution in [0.15, 0.2) is 42.5 Å². The highest BCUT2D eigenvalue weighted by Crippen LogP contribution is 2.22. The molecule has 0 aliphatic rings. The molecule has 0 fully saturated rings. The lowest BCUT2D eigenvalue weighted by Gasteiger charge is -2.19. The molecule has 0 radical (unpaired) electrons. The average molecular weight is 327 g/mol. The highest BCUT2D eigenvalue weighted by molar-refractivity contribution is 5.95. The molecule has 5 heteroatoms. The molecule has 126 valence electrons. The van der Waals surface area contributed by atoms with Crippen molar-refractivity contribution >= 4 is 17.6 Å². The molecule has 2 N–H and O–H groups in total. The number of ether oxygens (including phenoxy) is 1. The molecule has 2 aromatic carbocycles. The Labute approximate surface area is 141 Å². The van der Waals surface area contributed by atoms with Crippen LogP contribution in [0.2, 0.25) is 0 Å². The number of nitrogens with one attached hydrogen (secondary N) is 1. The maximum Gasteiger partial charge on any atom is 0.335 e. The third-order valence-electron chi connectivity index (χ3n) is 3.68. The first-order valence-electron chi connectivity index (χ1n) is 7.79. The van der Waals surface area contributed by atoms with Gasteiger partial charge in [0.2, 0.25) is 0 Å². The zero-order valence-corrected chi connectivity index (χ0v) is 14.0. The SMILES string of the molecule is CC[C@H](Oc1cc(C)ccc1C)C(=O)Nc1ccc(C(=O)O)cc1. The number of hydrogen-bond donors (Lipinski definition) is 2. The van der Waals surface area contributed by atoms with Crippen molar-refractivity contribution in [3.8, 4) is 5.75 Å². The summed E-state index contributed by atoms with van der Waals surface area (Å²) in [5.41, 5.74) is 2.74. The van der Waals surface area contributed by atoms with E-state index in [0.29, 0.717) is 17.9 Å². The molecule has 2 rings (SSSR count). The Morgan fingerprint density at radius 1 is 1.12 bits per heavy atom. The number of aromatic carboxylic acids is 1. The highest BCUT2D eigenvalue weighted by atomic mass is 16.5. The van der Waals surface area contributed by atoms with Gasteiger partial charge in [-0.2, -0.15) is 0 Å². The van der Waals surface area contributed by atoms with E-state index < -0.39 is 12.1 Å². The first-order chi connectivity index (χ1) is 11.4. The number of carbonyl (C=O) groups excluding carboxylic acids is 1. The zero-order chi connectivity index (χ0) is 17.7. The lowest BCUT2D eigenvalue weighted by atomic mass is 10.1. The van der Waals surface area contributed by atoms with Crippen molar-refractivity contribution in [3.05, 3.63) is 59.2 Å². The summed E-state index contributed by atoms with van der Waals surface area (Å²) in [6, 6.07) is 11.9. The van der Waals surface area contributed by atoms with E-state index in [1.807, 2.05) is 39.0 Å². The van der Waals surface area contributed by atoms with Crippen LogP contribution >= 0.6 is 0 Å². The summed E-state index contributed by atoms with van der Waals surface area (Å²) < 4.78 is 5.87. The van der Waals surface area contributed by atoms with Crippen molar-refractivity contribution in [1.29, 1.82) is 0 Å². The second kappa shape index (κ2) is 7.64. The van der Waals surface area contributed by atoms with Crippen LogP contribution in [0.5, 0.6) is 5.75 Å². The first-order valence-corrected chi connectivity index (χ1v) is 7.79. The number of anilines is 1. The summed E-state index contributed by atoms with van der Waals surface area (Å²) >= 11 is 0. The van der Waals surface area contributed by atoms with Gasteiger partial charge in [-0.05, 0) is 61.7 Å². The molecule has 5 nitrogen and oxygen atoms in total. The molecule has 2 aromatic rings. The van der Waals surface area contributed by atoms with Crippen LogP contribution in [0.1, 0.15) is 34.8 Å². The number of rotatable bonds is 6. The summed E-state index contributed by atoms with van der Waals surface area (Å²) in [7, 11) is 0. The lowest BCUT2D eigenvalue weighted by molar-refractivity contribution is -0.122. The van der Waals surface area contributed by atoms with Gasteiger partial charge in [-0.3, -0.25) is 4.79 Å². The summed E-state index contributed by atoms with van der Waals surface area (Å²) in [5, 5.41) is 11.6. The van der Waals surface area contributed by atoms with Gasteiger partial charge in [-0.15, -0.1) is 0 Å². The van der Waals surface area contributed by atoms with Crippen molar-refractivity contribution < 1.29 is 19.4 Å². The number of amides is 1. The van der Waals surface area contributed by atoms with Crippen molar-refractivity contribution in [1.82, 2.24) is 0 Å². The fourth-order valence-corrected chi connectivity index (χ4v) is 2.23. The van der Waals surface area contributed by atoms with E-state index >= 15 is 0 Å². The molecule has 0 saturated heterocycles. The molecule has 0 bridgehead atoms.